The number of ether oxygens (including phenoxy) is 1. The van der Waals surface area contributed by atoms with E-state index in [0.29, 0.717) is 15.1 Å². The molecule has 0 bridgehead atoms. The molecular weight excluding hydrogens is 495 g/mol. The number of halogens is 1. The molecule has 0 spiro atoms. The van der Waals surface area contributed by atoms with Crippen LogP contribution < -0.4 is 19.6 Å². The minimum Gasteiger partial charge on any atom is -0.496 e. The summed E-state index contributed by atoms with van der Waals surface area (Å²) in [5.41, 5.74) is 6.02. The average Bonchev–Trinajstić information content (AvgIpc) is 3.27. The molecule has 0 fully saturated rings. The molecule has 4 aromatic carbocycles. The molecule has 2 heterocycles. The summed E-state index contributed by atoms with van der Waals surface area (Å²) < 4.78 is 21.9. The quantitative estimate of drug-likeness (QED) is 0.311. The minimum absolute atomic E-state index is 0.108. The van der Waals surface area contributed by atoms with Crippen LogP contribution in [0, 0.1) is 5.82 Å². The molecular formula is C32H23FN2O2S. The zero-order valence-corrected chi connectivity index (χ0v) is 21.5. The van der Waals surface area contributed by atoms with Gasteiger partial charge in [-0.25, -0.2) is 9.38 Å². The van der Waals surface area contributed by atoms with Crippen molar-refractivity contribution in [3.8, 4) is 5.75 Å². The lowest BCUT2D eigenvalue weighted by Gasteiger charge is -2.30. The van der Waals surface area contributed by atoms with Crippen LogP contribution in [0.2, 0.25) is 0 Å². The standard InChI is InChI=1S/C32H23FN2O2S/c1-37-27-17-13-19-6-2-4-8-23(19)26(27)18-28-31(36)35-30(21-10-14-22(33)15-11-21)25-16-12-20-7-3-5-9-24(20)29(25)34-32(35)38-28/h2-11,13-15,17-18,30H,12,16H2,1H3/b28-18-. The van der Waals surface area contributed by atoms with Crippen molar-refractivity contribution in [2.24, 2.45) is 4.99 Å². The summed E-state index contributed by atoms with van der Waals surface area (Å²) in [5.74, 6) is 0.408. The van der Waals surface area contributed by atoms with Gasteiger partial charge in [0.15, 0.2) is 4.80 Å². The fourth-order valence-corrected chi connectivity index (χ4v) is 6.68. The second-order valence-corrected chi connectivity index (χ2v) is 10.6. The molecule has 4 nitrogen and oxygen atoms in total. The van der Waals surface area contributed by atoms with Crippen molar-refractivity contribution in [2.75, 3.05) is 7.11 Å². The van der Waals surface area contributed by atoms with Crippen LogP contribution in [-0.4, -0.2) is 11.7 Å². The SMILES string of the molecule is COc1ccc2ccccc2c1/C=c1\sc2n(c1=O)C(c1ccc(F)cc1)C1=C(N=2)c2ccccc2CC1. The molecule has 5 aromatic rings. The number of allylic oxidation sites excluding steroid dienone is 1. The van der Waals surface area contributed by atoms with Gasteiger partial charge in [0, 0.05) is 11.1 Å². The molecule has 6 heteroatoms. The Labute approximate surface area is 222 Å². The van der Waals surface area contributed by atoms with Gasteiger partial charge in [-0.15, -0.1) is 0 Å². The molecule has 186 valence electrons. The van der Waals surface area contributed by atoms with Crippen LogP contribution in [0.15, 0.2) is 100 Å². The molecule has 0 saturated heterocycles. The Morgan fingerprint density at radius 3 is 2.61 bits per heavy atom. The Kier molecular flexibility index (Phi) is 5.37. The van der Waals surface area contributed by atoms with Crippen molar-refractivity contribution in [3.63, 3.8) is 0 Å². The third-order valence-corrected chi connectivity index (χ3v) is 8.47. The summed E-state index contributed by atoms with van der Waals surface area (Å²) in [5, 5.41) is 2.09. The van der Waals surface area contributed by atoms with Crippen molar-refractivity contribution in [1.29, 1.82) is 0 Å². The maximum absolute atomic E-state index is 14.1. The van der Waals surface area contributed by atoms with Crippen molar-refractivity contribution >= 4 is 33.9 Å². The van der Waals surface area contributed by atoms with Crippen LogP contribution >= 0.6 is 11.3 Å². The van der Waals surface area contributed by atoms with Gasteiger partial charge in [-0.05, 0) is 64.6 Å². The zero-order valence-electron chi connectivity index (χ0n) is 20.6. The molecule has 7 rings (SSSR count). The third-order valence-electron chi connectivity index (χ3n) is 7.48. The van der Waals surface area contributed by atoms with Gasteiger partial charge in [0.1, 0.15) is 11.6 Å². The molecule has 1 atom stereocenters. The fourth-order valence-electron chi connectivity index (χ4n) is 5.70. The van der Waals surface area contributed by atoms with Gasteiger partial charge in [0.2, 0.25) is 0 Å². The second kappa shape index (κ2) is 8.92. The molecule has 38 heavy (non-hydrogen) atoms. The molecule has 1 aliphatic heterocycles. The first-order valence-electron chi connectivity index (χ1n) is 12.6. The van der Waals surface area contributed by atoms with E-state index in [1.807, 2.05) is 48.5 Å². The topological polar surface area (TPSA) is 43.6 Å². The molecule has 2 aliphatic rings. The van der Waals surface area contributed by atoms with Crippen molar-refractivity contribution in [2.45, 2.75) is 18.9 Å². The monoisotopic (exact) mass is 518 g/mol. The first kappa shape index (κ1) is 22.9. The molecule has 1 unspecified atom stereocenters. The zero-order chi connectivity index (χ0) is 25.8. The lowest BCUT2D eigenvalue weighted by molar-refractivity contribution is 0.414. The highest BCUT2D eigenvalue weighted by molar-refractivity contribution is 7.07. The van der Waals surface area contributed by atoms with Gasteiger partial charge in [-0.1, -0.05) is 78.1 Å². The van der Waals surface area contributed by atoms with Gasteiger partial charge in [-0.2, -0.15) is 0 Å². The van der Waals surface area contributed by atoms with Crippen LogP contribution in [0.25, 0.3) is 22.5 Å². The maximum atomic E-state index is 14.1. The number of thiazole rings is 1. The maximum Gasteiger partial charge on any atom is 0.271 e. The van der Waals surface area contributed by atoms with E-state index in [-0.39, 0.29) is 17.4 Å². The van der Waals surface area contributed by atoms with E-state index in [4.69, 9.17) is 9.73 Å². The number of rotatable bonds is 3. The molecule has 0 amide bonds. The van der Waals surface area contributed by atoms with Crippen LogP contribution in [0.1, 0.15) is 34.7 Å². The normalized spacial score (nSPS) is 16.6. The average molecular weight is 519 g/mol. The highest BCUT2D eigenvalue weighted by atomic mass is 32.1. The fraction of sp³-hybridized carbons (Fsp3) is 0.125. The van der Waals surface area contributed by atoms with E-state index < -0.39 is 0 Å². The second-order valence-electron chi connectivity index (χ2n) is 9.57. The summed E-state index contributed by atoms with van der Waals surface area (Å²) in [4.78, 5) is 19.8. The van der Waals surface area contributed by atoms with Crippen LogP contribution in [0.4, 0.5) is 4.39 Å². The van der Waals surface area contributed by atoms with Gasteiger partial charge in [-0.3, -0.25) is 9.36 Å². The number of nitrogens with zero attached hydrogens (tertiary/aromatic N) is 2. The number of aryl methyl sites for hydroxylation is 1. The predicted octanol–water partition coefficient (Wildman–Crippen LogP) is 5.62. The first-order valence-corrected chi connectivity index (χ1v) is 13.4. The Morgan fingerprint density at radius 2 is 1.76 bits per heavy atom. The number of fused-ring (bicyclic) bond motifs is 4. The van der Waals surface area contributed by atoms with Gasteiger partial charge >= 0.3 is 0 Å². The van der Waals surface area contributed by atoms with Gasteiger partial charge in [0.25, 0.3) is 5.56 Å². The third kappa shape index (κ3) is 3.56. The van der Waals surface area contributed by atoms with E-state index in [0.717, 1.165) is 51.6 Å². The van der Waals surface area contributed by atoms with Crippen molar-refractivity contribution in [1.82, 2.24) is 4.57 Å². The van der Waals surface area contributed by atoms with Crippen LogP contribution in [0.3, 0.4) is 0 Å². The first-order chi connectivity index (χ1) is 18.6. The summed E-state index contributed by atoms with van der Waals surface area (Å²) >= 11 is 1.38. The van der Waals surface area contributed by atoms with Crippen LogP contribution in [0.5, 0.6) is 5.75 Å². The minimum atomic E-state index is -0.341. The summed E-state index contributed by atoms with van der Waals surface area (Å²) in [6.07, 6.45) is 3.59. The molecule has 1 aromatic heterocycles. The molecule has 1 aliphatic carbocycles. The molecule has 0 saturated carbocycles. The Balaban J connectivity index is 1.52. The Morgan fingerprint density at radius 1 is 0.974 bits per heavy atom. The lowest BCUT2D eigenvalue weighted by atomic mass is 9.83. The lowest BCUT2D eigenvalue weighted by Crippen LogP contribution is -2.38. The van der Waals surface area contributed by atoms with Crippen molar-refractivity contribution < 1.29 is 9.13 Å². The summed E-state index contributed by atoms with van der Waals surface area (Å²) in [6, 6.07) is 26.5. The Bertz CT molecular complexity index is 1950. The van der Waals surface area contributed by atoms with Crippen LogP contribution in [-0.2, 0) is 6.42 Å². The summed E-state index contributed by atoms with van der Waals surface area (Å²) in [7, 11) is 1.64. The number of aromatic nitrogens is 1. The number of hydrogen-bond acceptors (Lipinski definition) is 4. The highest BCUT2D eigenvalue weighted by Gasteiger charge is 2.32. The van der Waals surface area contributed by atoms with Crippen molar-refractivity contribution in [3.05, 3.63) is 138 Å². The van der Waals surface area contributed by atoms with E-state index in [2.05, 4.69) is 18.2 Å². The van der Waals surface area contributed by atoms with E-state index >= 15 is 0 Å². The number of methoxy groups -OCH3 is 1. The number of benzene rings is 4. The summed E-state index contributed by atoms with van der Waals surface area (Å²) in [6.45, 7) is 0. The number of hydrogen-bond donors (Lipinski definition) is 0. The van der Waals surface area contributed by atoms with Gasteiger partial charge < -0.3 is 4.74 Å². The highest BCUT2D eigenvalue weighted by Crippen LogP contribution is 2.41. The smallest absolute Gasteiger partial charge is 0.271 e. The predicted molar refractivity (Wildman–Crippen MR) is 150 cm³/mol. The van der Waals surface area contributed by atoms with E-state index in [9.17, 15) is 9.18 Å². The molecule has 0 radical (unpaired) electrons. The van der Waals surface area contributed by atoms with Gasteiger partial charge in [0.05, 0.1) is 23.4 Å². The molecule has 0 N–H and O–H groups in total. The Hall–Kier alpha value is -4.29. The largest absolute Gasteiger partial charge is 0.496 e. The van der Waals surface area contributed by atoms with E-state index in [1.165, 1.54) is 29.0 Å². The van der Waals surface area contributed by atoms with E-state index in [1.54, 1.807) is 23.8 Å².